The number of nitrogens with one attached hydrogen (secondary N) is 1. The number of benzene rings is 1. The maximum atomic E-state index is 3.64. The monoisotopic (exact) mass is 203 g/mol. The highest BCUT2D eigenvalue weighted by molar-refractivity contribution is 5.37. The first-order valence-corrected chi connectivity index (χ1v) is 5.97. The molecule has 0 amide bonds. The standard InChI is InChI=1S/C14H21N/c1-10-7-11(2)14(12(3)8-10)9-15-13-5-4-6-13/h7-8,13,15H,4-6,9H2,1-3H3. The predicted octanol–water partition coefficient (Wildman–Crippen LogP) is 3.25. The minimum absolute atomic E-state index is 0.783. The molecule has 1 aliphatic rings. The molecule has 0 spiro atoms. The lowest BCUT2D eigenvalue weighted by molar-refractivity contribution is 0.338. The van der Waals surface area contributed by atoms with Crippen LogP contribution < -0.4 is 5.32 Å². The van der Waals surface area contributed by atoms with E-state index in [1.807, 2.05) is 0 Å². The molecule has 1 aromatic rings. The zero-order chi connectivity index (χ0) is 10.8. The first kappa shape index (κ1) is 10.7. The normalized spacial score (nSPS) is 16.5. The van der Waals surface area contributed by atoms with Crippen LogP contribution in [-0.2, 0) is 6.54 Å². The van der Waals surface area contributed by atoms with E-state index in [1.165, 1.54) is 41.5 Å². The van der Waals surface area contributed by atoms with E-state index >= 15 is 0 Å². The third kappa shape index (κ3) is 2.40. The van der Waals surface area contributed by atoms with Crippen molar-refractivity contribution < 1.29 is 0 Å². The third-order valence-electron chi connectivity index (χ3n) is 3.51. The molecule has 1 heteroatoms. The Morgan fingerprint density at radius 3 is 2.20 bits per heavy atom. The Hall–Kier alpha value is -0.820. The second-order valence-corrected chi connectivity index (χ2v) is 4.89. The number of rotatable bonds is 3. The molecule has 0 bridgehead atoms. The summed E-state index contributed by atoms with van der Waals surface area (Å²) in [5.41, 5.74) is 5.73. The lowest BCUT2D eigenvalue weighted by atomic mass is 9.92. The zero-order valence-electron chi connectivity index (χ0n) is 10.1. The van der Waals surface area contributed by atoms with Crippen molar-refractivity contribution in [2.45, 2.75) is 52.6 Å². The van der Waals surface area contributed by atoms with Gasteiger partial charge in [0.15, 0.2) is 0 Å². The van der Waals surface area contributed by atoms with E-state index in [2.05, 4.69) is 38.2 Å². The fourth-order valence-corrected chi connectivity index (χ4v) is 2.35. The van der Waals surface area contributed by atoms with E-state index in [1.54, 1.807) is 0 Å². The summed E-state index contributed by atoms with van der Waals surface area (Å²) in [5, 5.41) is 3.64. The van der Waals surface area contributed by atoms with Gasteiger partial charge in [-0.2, -0.15) is 0 Å². The quantitative estimate of drug-likeness (QED) is 0.795. The average molecular weight is 203 g/mol. The first-order valence-electron chi connectivity index (χ1n) is 5.97. The molecule has 15 heavy (non-hydrogen) atoms. The molecule has 0 saturated heterocycles. The van der Waals surface area contributed by atoms with Gasteiger partial charge in [0.1, 0.15) is 0 Å². The van der Waals surface area contributed by atoms with E-state index in [-0.39, 0.29) is 0 Å². The lowest BCUT2D eigenvalue weighted by Crippen LogP contribution is -2.34. The molecule has 1 nitrogen and oxygen atoms in total. The van der Waals surface area contributed by atoms with Crippen LogP contribution in [0.3, 0.4) is 0 Å². The second kappa shape index (κ2) is 4.36. The van der Waals surface area contributed by atoms with Crippen LogP contribution >= 0.6 is 0 Å². The highest BCUT2D eigenvalue weighted by atomic mass is 14.9. The van der Waals surface area contributed by atoms with Crippen molar-refractivity contribution in [3.05, 3.63) is 34.4 Å². The van der Waals surface area contributed by atoms with Crippen molar-refractivity contribution in [2.24, 2.45) is 0 Å². The van der Waals surface area contributed by atoms with E-state index in [9.17, 15) is 0 Å². The number of aryl methyl sites for hydroxylation is 3. The van der Waals surface area contributed by atoms with E-state index in [4.69, 9.17) is 0 Å². The van der Waals surface area contributed by atoms with Crippen molar-refractivity contribution in [3.63, 3.8) is 0 Å². The van der Waals surface area contributed by atoms with Gasteiger partial charge in [-0.25, -0.2) is 0 Å². The predicted molar refractivity (Wildman–Crippen MR) is 65.1 cm³/mol. The van der Waals surface area contributed by atoms with Crippen molar-refractivity contribution in [3.8, 4) is 0 Å². The van der Waals surface area contributed by atoms with Crippen molar-refractivity contribution in [2.75, 3.05) is 0 Å². The minimum atomic E-state index is 0.783. The lowest BCUT2D eigenvalue weighted by Gasteiger charge is -2.27. The van der Waals surface area contributed by atoms with Crippen LogP contribution in [0.5, 0.6) is 0 Å². The van der Waals surface area contributed by atoms with Crippen molar-refractivity contribution in [1.82, 2.24) is 5.32 Å². The number of hydrogen-bond donors (Lipinski definition) is 1. The highest BCUT2D eigenvalue weighted by Gasteiger charge is 2.16. The summed E-state index contributed by atoms with van der Waals surface area (Å²) in [7, 11) is 0. The molecule has 0 heterocycles. The Balaban J connectivity index is 2.05. The molecule has 82 valence electrons. The molecule has 1 N–H and O–H groups in total. The van der Waals surface area contributed by atoms with Crippen LogP contribution in [0.15, 0.2) is 12.1 Å². The Kier molecular flexibility index (Phi) is 3.11. The largest absolute Gasteiger partial charge is 0.310 e. The summed E-state index contributed by atoms with van der Waals surface area (Å²) in [5.74, 6) is 0. The molecule has 1 saturated carbocycles. The Morgan fingerprint density at radius 1 is 1.13 bits per heavy atom. The molecular formula is C14H21N. The Bertz CT molecular complexity index is 327. The van der Waals surface area contributed by atoms with Gasteiger partial charge in [-0.05, 0) is 50.3 Å². The third-order valence-corrected chi connectivity index (χ3v) is 3.51. The summed E-state index contributed by atoms with van der Waals surface area (Å²) >= 11 is 0. The molecule has 0 radical (unpaired) electrons. The minimum Gasteiger partial charge on any atom is -0.310 e. The van der Waals surface area contributed by atoms with Gasteiger partial charge in [0, 0.05) is 12.6 Å². The molecular weight excluding hydrogens is 182 g/mol. The molecule has 1 aromatic carbocycles. The van der Waals surface area contributed by atoms with Crippen molar-refractivity contribution >= 4 is 0 Å². The van der Waals surface area contributed by atoms with E-state index in [0.29, 0.717) is 0 Å². The molecule has 0 aromatic heterocycles. The zero-order valence-corrected chi connectivity index (χ0v) is 10.1. The summed E-state index contributed by atoms with van der Waals surface area (Å²) < 4.78 is 0. The van der Waals surface area contributed by atoms with Gasteiger partial charge in [-0.1, -0.05) is 24.1 Å². The summed E-state index contributed by atoms with van der Waals surface area (Å²) in [6.45, 7) is 7.65. The SMILES string of the molecule is Cc1cc(C)c(CNC2CCC2)c(C)c1. The molecule has 0 atom stereocenters. The van der Waals surface area contributed by atoms with Gasteiger partial charge in [-0.3, -0.25) is 0 Å². The second-order valence-electron chi connectivity index (χ2n) is 4.89. The van der Waals surface area contributed by atoms with Gasteiger partial charge in [0.05, 0.1) is 0 Å². The molecule has 1 aliphatic carbocycles. The maximum absolute atomic E-state index is 3.64. The van der Waals surface area contributed by atoms with Crippen LogP contribution in [-0.4, -0.2) is 6.04 Å². The van der Waals surface area contributed by atoms with E-state index in [0.717, 1.165) is 12.6 Å². The first-order chi connectivity index (χ1) is 7.16. The summed E-state index contributed by atoms with van der Waals surface area (Å²) in [6, 6.07) is 5.35. The van der Waals surface area contributed by atoms with Gasteiger partial charge in [0.2, 0.25) is 0 Å². The van der Waals surface area contributed by atoms with Crippen LogP contribution in [0.1, 0.15) is 41.5 Å². The molecule has 0 unspecified atom stereocenters. The topological polar surface area (TPSA) is 12.0 Å². The maximum Gasteiger partial charge on any atom is 0.0213 e. The van der Waals surface area contributed by atoms with Crippen molar-refractivity contribution in [1.29, 1.82) is 0 Å². The highest BCUT2D eigenvalue weighted by Crippen LogP contribution is 2.21. The molecule has 2 rings (SSSR count). The summed E-state index contributed by atoms with van der Waals surface area (Å²) in [4.78, 5) is 0. The van der Waals surface area contributed by atoms with Crippen LogP contribution in [0.4, 0.5) is 0 Å². The fraction of sp³-hybridized carbons (Fsp3) is 0.571. The van der Waals surface area contributed by atoms with E-state index < -0.39 is 0 Å². The van der Waals surface area contributed by atoms with Crippen LogP contribution in [0.25, 0.3) is 0 Å². The Labute approximate surface area is 92.9 Å². The number of hydrogen-bond acceptors (Lipinski definition) is 1. The fourth-order valence-electron chi connectivity index (χ4n) is 2.35. The van der Waals surface area contributed by atoms with Gasteiger partial charge < -0.3 is 5.32 Å². The van der Waals surface area contributed by atoms with Gasteiger partial charge in [-0.15, -0.1) is 0 Å². The summed E-state index contributed by atoms with van der Waals surface area (Å²) in [6.07, 6.45) is 4.14. The Morgan fingerprint density at radius 2 is 1.73 bits per heavy atom. The van der Waals surface area contributed by atoms with Crippen LogP contribution in [0.2, 0.25) is 0 Å². The van der Waals surface area contributed by atoms with Gasteiger partial charge >= 0.3 is 0 Å². The smallest absolute Gasteiger partial charge is 0.0213 e. The van der Waals surface area contributed by atoms with Crippen LogP contribution in [0, 0.1) is 20.8 Å². The van der Waals surface area contributed by atoms with Gasteiger partial charge in [0.25, 0.3) is 0 Å². The average Bonchev–Trinajstić information content (AvgIpc) is 2.06. The molecule has 0 aliphatic heterocycles. The molecule has 1 fully saturated rings.